The van der Waals surface area contributed by atoms with Crippen LogP contribution >= 0.6 is 11.3 Å². The summed E-state index contributed by atoms with van der Waals surface area (Å²) in [4.78, 5) is 8.79. The van der Waals surface area contributed by atoms with Crippen LogP contribution < -0.4 is 5.32 Å². The average Bonchev–Trinajstić information content (AvgIpc) is 3.22. The summed E-state index contributed by atoms with van der Waals surface area (Å²) < 4.78 is 5.95. The summed E-state index contributed by atoms with van der Waals surface area (Å²) >= 11 is 1.58. The molecule has 0 fully saturated rings. The molecule has 4 aromatic rings. The molecule has 0 saturated heterocycles. The lowest BCUT2D eigenvalue weighted by Gasteiger charge is -2.13. The maximum absolute atomic E-state index is 5.95. The fraction of sp³-hybridized carbons (Fsp3) is 0.200. The minimum absolute atomic E-state index is 0.000536. The molecule has 1 N–H and O–H groups in total. The summed E-state index contributed by atoms with van der Waals surface area (Å²) in [7, 11) is 0. The van der Waals surface area contributed by atoms with E-state index in [1.165, 1.54) is 0 Å². The Morgan fingerprint density at radius 3 is 2.76 bits per heavy atom. The Hall–Kier alpha value is -2.66. The first-order valence-electron chi connectivity index (χ1n) is 8.16. The molecule has 0 spiro atoms. The van der Waals surface area contributed by atoms with Crippen LogP contribution in [0.15, 0.2) is 58.6 Å². The Labute approximate surface area is 150 Å². The molecular formula is C20H19N3OS. The lowest BCUT2D eigenvalue weighted by atomic mass is 9.93. The lowest BCUT2D eigenvalue weighted by molar-refractivity contribution is 0.430. The van der Waals surface area contributed by atoms with Crippen molar-refractivity contribution >= 4 is 33.1 Å². The molecule has 25 heavy (non-hydrogen) atoms. The molecule has 5 heteroatoms. The van der Waals surface area contributed by atoms with Gasteiger partial charge in [-0.3, -0.25) is 4.98 Å². The van der Waals surface area contributed by atoms with Crippen LogP contribution in [-0.4, -0.2) is 9.97 Å². The Balaban J connectivity index is 1.60. The smallest absolute Gasteiger partial charge is 0.187 e. The van der Waals surface area contributed by atoms with Crippen LogP contribution in [0.1, 0.15) is 26.5 Å². The zero-order chi connectivity index (χ0) is 17.4. The summed E-state index contributed by atoms with van der Waals surface area (Å²) in [6, 6.07) is 12.2. The van der Waals surface area contributed by atoms with Crippen molar-refractivity contribution in [2.75, 3.05) is 5.32 Å². The van der Waals surface area contributed by atoms with E-state index in [0.717, 1.165) is 38.8 Å². The van der Waals surface area contributed by atoms with E-state index in [0.29, 0.717) is 0 Å². The number of aromatic nitrogens is 2. The zero-order valence-corrected chi connectivity index (χ0v) is 15.2. The van der Waals surface area contributed by atoms with Gasteiger partial charge in [0.05, 0.1) is 5.69 Å². The van der Waals surface area contributed by atoms with Gasteiger partial charge in [0, 0.05) is 39.8 Å². The van der Waals surface area contributed by atoms with E-state index in [1.807, 2.05) is 35.8 Å². The van der Waals surface area contributed by atoms with E-state index in [4.69, 9.17) is 4.42 Å². The van der Waals surface area contributed by atoms with Crippen molar-refractivity contribution in [1.29, 1.82) is 0 Å². The summed E-state index contributed by atoms with van der Waals surface area (Å²) in [5.74, 6) is 0.993. The SMILES string of the molecule is CC(C)(C)c1cc2cc(Nc3nc(-c4cccnc4)cs3)ccc2o1. The van der Waals surface area contributed by atoms with Crippen molar-refractivity contribution in [3.63, 3.8) is 0 Å². The number of furan rings is 1. The molecule has 4 nitrogen and oxygen atoms in total. The number of rotatable bonds is 3. The maximum atomic E-state index is 5.95. The number of anilines is 2. The molecule has 0 atom stereocenters. The van der Waals surface area contributed by atoms with Crippen LogP contribution in [0.25, 0.3) is 22.2 Å². The Kier molecular flexibility index (Phi) is 3.81. The number of fused-ring (bicyclic) bond motifs is 1. The molecule has 0 bridgehead atoms. The normalized spacial score (nSPS) is 11.8. The predicted molar refractivity (Wildman–Crippen MR) is 104 cm³/mol. The van der Waals surface area contributed by atoms with Crippen molar-refractivity contribution in [3.05, 3.63) is 59.9 Å². The van der Waals surface area contributed by atoms with E-state index in [-0.39, 0.29) is 5.41 Å². The fourth-order valence-electron chi connectivity index (χ4n) is 2.59. The summed E-state index contributed by atoms with van der Waals surface area (Å²) in [5, 5.41) is 7.37. The summed E-state index contributed by atoms with van der Waals surface area (Å²) in [5.41, 5.74) is 3.86. The second kappa shape index (κ2) is 6.01. The standard InChI is InChI=1S/C20H19N3OS/c1-20(2,3)18-10-14-9-15(6-7-17(14)24-18)22-19-23-16(12-25-19)13-5-4-8-21-11-13/h4-12H,1-3H3,(H,22,23). The summed E-state index contributed by atoms with van der Waals surface area (Å²) in [6.07, 6.45) is 3.59. The molecule has 0 saturated carbocycles. The molecule has 3 heterocycles. The van der Waals surface area contributed by atoms with Crippen LogP contribution in [-0.2, 0) is 5.41 Å². The highest BCUT2D eigenvalue weighted by Gasteiger charge is 2.19. The van der Waals surface area contributed by atoms with Crippen molar-refractivity contribution < 1.29 is 4.42 Å². The highest BCUT2D eigenvalue weighted by molar-refractivity contribution is 7.14. The van der Waals surface area contributed by atoms with E-state index >= 15 is 0 Å². The molecule has 0 aliphatic carbocycles. The molecule has 0 aliphatic heterocycles. The van der Waals surface area contributed by atoms with Gasteiger partial charge in [-0.25, -0.2) is 4.98 Å². The van der Waals surface area contributed by atoms with Gasteiger partial charge in [0.25, 0.3) is 0 Å². The van der Waals surface area contributed by atoms with Gasteiger partial charge in [-0.15, -0.1) is 11.3 Å². The molecule has 0 unspecified atom stereocenters. The van der Waals surface area contributed by atoms with Crippen LogP contribution in [0.5, 0.6) is 0 Å². The van der Waals surface area contributed by atoms with Gasteiger partial charge in [-0.1, -0.05) is 20.8 Å². The topological polar surface area (TPSA) is 51.0 Å². The number of hydrogen-bond donors (Lipinski definition) is 1. The number of benzene rings is 1. The lowest BCUT2D eigenvalue weighted by Crippen LogP contribution is -2.08. The molecule has 0 aliphatic rings. The van der Waals surface area contributed by atoms with E-state index in [2.05, 4.69) is 48.2 Å². The predicted octanol–water partition coefficient (Wildman–Crippen LogP) is 5.99. The Morgan fingerprint density at radius 1 is 1.12 bits per heavy atom. The van der Waals surface area contributed by atoms with Crippen molar-refractivity contribution in [2.45, 2.75) is 26.2 Å². The van der Waals surface area contributed by atoms with Gasteiger partial charge >= 0.3 is 0 Å². The van der Waals surface area contributed by atoms with Gasteiger partial charge in [-0.2, -0.15) is 0 Å². The monoisotopic (exact) mass is 349 g/mol. The molecule has 126 valence electrons. The minimum Gasteiger partial charge on any atom is -0.461 e. The van der Waals surface area contributed by atoms with Crippen LogP contribution in [0, 0.1) is 0 Å². The number of nitrogens with zero attached hydrogens (tertiary/aromatic N) is 2. The summed E-state index contributed by atoms with van der Waals surface area (Å²) in [6.45, 7) is 6.46. The van der Waals surface area contributed by atoms with Crippen LogP contribution in [0.2, 0.25) is 0 Å². The first kappa shape index (κ1) is 15.8. The van der Waals surface area contributed by atoms with Crippen molar-refractivity contribution in [2.24, 2.45) is 0 Å². The number of thiazole rings is 1. The van der Waals surface area contributed by atoms with Gasteiger partial charge < -0.3 is 9.73 Å². The maximum Gasteiger partial charge on any atom is 0.187 e. The number of pyridine rings is 1. The second-order valence-corrected chi connectivity index (χ2v) is 7.88. The van der Waals surface area contributed by atoms with Crippen LogP contribution in [0.4, 0.5) is 10.8 Å². The van der Waals surface area contributed by atoms with Gasteiger partial charge in [0.2, 0.25) is 0 Å². The third-order valence-electron chi connectivity index (χ3n) is 3.97. The van der Waals surface area contributed by atoms with E-state index in [9.17, 15) is 0 Å². The molecule has 1 aromatic carbocycles. The Bertz CT molecular complexity index is 1010. The average molecular weight is 349 g/mol. The fourth-order valence-corrected chi connectivity index (χ4v) is 3.33. The third kappa shape index (κ3) is 3.28. The Morgan fingerprint density at radius 2 is 2.00 bits per heavy atom. The van der Waals surface area contributed by atoms with Gasteiger partial charge in [0.15, 0.2) is 5.13 Å². The highest BCUT2D eigenvalue weighted by atomic mass is 32.1. The van der Waals surface area contributed by atoms with E-state index < -0.39 is 0 Å². The van der Waals surface area contributed by atoms with Gasteiger partial charge in [-0.05, 0) is 36.4 Å². The molecular weight excluding hydrogens is 330 g/mol. The zero-order valence-electron chi connectivity index (χ0n) is 14.4. The first-order valence-corrected chi connectivity index (χ1v) is 9.04. The van der Waals surface area contributed by atoms with E-state index in [1.54, 1.807) is 17.5 Å². The van der Waals surface area contributed by atoms with Gasteiger partial charge in [0.1, 0.15) is 11.3 Å². The van der Waals surface area contributed by atoms with Crippen molar-refractivity contribution in [3.8, 4) is 11.3 Å². The minimum atomic E-state index is 0.000536. The largest absolute Gasteiger partial charge is 0.461 e. The number of nitrogens with one attached hydrogen (secondary N) is 1. The van der Waals surface area contributed by atoms with Crippen LogP contribution in [0.3, 0.4) is 0 Å². The highest BCUT2D eigenvalue weighted by Crippen LogP contribution is 2.32. The second-order valence-electron chi connectivity index (χ2n) is 7.02. The third-order valence-corrected chi connectivity index (χ3v) is 4.73. The molecule has 3 aromatic heterocycles. The molecule has 0 radical (unpaired) electrons. The molecule has 0 amide bonds. The first-order chi connectivity index (χ1) is 12.0. The quantitative estimate of drug-likeness (QED) is 0.493. The van der Waals surface area contributed by atoms with Crippen molar-refractivity contribution in [1.82, 2.24) is 9.97 Å². The number of hydrogen-bond acceptors (Lipinski definition) is 5. The molecule has 4 rings (SSSR count).